The number of alkyl halides is 1. The Labute approximate surface area is 112 Å². The Hall–Kier alpha value is -0.120. The largest absolute Gasteiger partial charge is 0.359 e. The van der Waals surface area contributed by atoms with Gasteiger partial charge in [-0.2, -0.15) is 5.26 Å². The average Bonchev–Trinajstić information content (AvgIpc) is 2.26. The van der Waals surface area contributed by atoms with Crippen LogP contribution in [0.2, 0.25) is 0 Å². The molecule has 1 atom stereocenters. The van der Waals surface area contributed by atoms with Gasteiger partial charge in [-0.25, -0.2) is 0 Å². The summed E-state index contributed by atoms with van der Waals surface area (Å²) in [6.45, 7) is 0.636. The molecular formula is C11H11BrINO. The number of benzene rings is 1. The third kappa shape index (κ3) is 4.49. The average molecular weight is 380 g/mol. The van der Waals surface area contributed by atoms with Gasteiger partial charge in [0.2, 0.25) is 0 Å². The molecule has 1 rings (SSSR count). The summed E-state index contributed by atoms with van der Waals surface area (Å²) in [6, 6.07) is 9.80. The third-order valence-corrected chi connectivity index (χ3v) is 3.14. The molecule has 2 nitrogen and oxygen atoms in total. The van der Waals surface area contributed by atoms with Gasteiger partial charge in [-0.15, -0.1) is 0 Å². The van der Waals surface area contributed by atoms with Crippen LogP contribution >= 0.6 is 38.5 Å². The molecule has 0 aliphatic rings. The minimum absolute atomic E-state index is 0.443. The molecule has 0 bridgehead atoms. The lowest BCUT2D eigenvalue weighted by atomic mass is 10.1. The summed E-state index contributed by atoms with van der Waals surface area (Å²) in [5.74, 6) is 0. The number of ether oxygens (including phenoxy) is 1. The highest BCUT2D eigenvalue weighted by Crippen LogP contribution is 2.19. The zero-order valence-corrected chi connectivity index (χ0v) is 11.9. The molecule has 1 unspecified atom stereocenters. The van der Waals surface area contributed by atoms with Crippen molar-refractivity contribution in [2.75, 3.05) is 11.0 Å². The first-order valence-electron chi connectivity index (χ1n) is 4.60. The normalized spacial score (nSPS) is 12.1. The van der Waals surface area contributed by atoms with Crippen molar-refractivity contribution in [3.05, 3.63) is 34.3 Å². The maximum absolute atomic E-state index is 8.96. The van der Waals surface area contributed by atoms with E-state index in [2.05, 4.69) is 44.6 Å². The minimum atomic E-state index is -0.443. The highest BCUT2D eigenvalue weighted by molar-refractivity contribution is 14.1. The molecule has 1 aromatic rings. The Balaban J connectivity index is 2.59. The molecule has 0 N–H and O–H groups in total. The summed E-state index contributed by atoms with van der Waals surface area (Å²) in [4.78, 5) is 0. The van der Waals surface area contributed by atoms with Gasteiger partial charge in [-0.1, -0.05) is 50.7 Å². The maximum atomic E-state index is 8.96. The molecule has 0 amide bonds. The fourth-order valence-corrected chi connectivity index (χ4v) is 1.68. The van der Waals surface area contributed by atoms with E-state index in [1.165, 1.54) is 0 Å². The van der Waals surface area contributed by atoms with Gasteiger partial charge in [-0.05, 0) is 24.1 Å². The zero-order valence-electron chi connectivity index (χ0n) is 8.12. The Bertz CT molecular complexity index is 333. The van der Waals surface area contributed by atoms with E-state index in [-0.39, 0.29) is 0 Å². The summed E-state index contributed by atoms with van der Waals surface area (Å²) >= 11 is 5.65. The van der Waals surface area contributed by atoms with E-state index in [0.717, 1.165) is 20.9 Å². The van der Waals surface area contributed by atoms with Gasteiger partial charge in [0.05, 0.1) is 6.07 Å². The van der Waals surface area contributed by atoms with Crippen LogP contribution in [-0.2, 0) is 4.74 Å². The van der Waals surface area contributed by atoms with Crippen LogP contribution in [0.4, 0.5) is 0 Å². The van der Waals surface area contributed by atoms with E-state index >= 15 is 0 Å². The molecule has 15 heavy (non-hydrogen) atoms. The summed E-state index contributed by atoms with van der Waals surface area (Å²) in [5, 5.41) is 8.96. The summed E-state index contributed by atoms with van der Waals surface area (Å²) in [6.07, 6.45) is 0.538. The van der Waals surface area contributed by atoms with Crippen molar-refractivity contribution in [3.8, 4) is 6.07 Å². The molecule has 0 aliphatic carbocycles. The standard InChI is InChI=1S/C11H11BrINO/c12-10-4-2-9(3-5-10)11(8-14)15-7-1-6-13/h2-5,11H,1,6-7H2. The third-order valence-electron chi connectivity index (χ3n) is 1.85. The molecule has 0 aliphatic heterocycles. The second kappa shape index (κ2) is 7.20. The fourth-order valence-electron chi connectivity index (χ4n) is 1.10. The van der Waals surface area contributed by atoms with E-state index in [1.54, 1.807) is 0 Å². The summed E-state index contributed by atoms with van der Waals surface area (Å²) < 4.78 is 7.54. The highest BCUT2D eigenvalue weighted by atomic mass is 127. The van der Waals surface area contributed by atoms with Crippen LogP contribution in [0.5, 0.6) is 0 Å². The molecule has 0 heterocycles. The van der Waals surface area contributed by atoms with Crippen molar-refractivity contribution < 1.29 is 4.74 Å². The van der Waals surface area contributed by atoms with E-state index < -0.39 is 6.10 Å². The molecule has 80 valence electrons. The first kappa shape index (κ1) is 12.9. The first-order chi connectivity index (χ1) is 7.27. The Morgan fingerprint density at radius 3 is 2.60 bits per heavy atom. The monoisotopic (exact) mass is 379 g/mol. The van der Waals surface area contributed by atoms with E-state index in [0.29, 0.717) is 6.61 Å². The number of halogens is 2. The van der Waals surface area contributed by atoms with E-state index in [1.807, 2.05) is 24.3 Å². The zero-order chi connectivity index (χ0) is 11.1. The summed E-state index contributed by atoms with van der Waals surface area (Å²) in [7, 11) is 0. The number of rotatable bonds is 5. The number of nitrogens with zero attached hydrogens (tertiary/aromatic N) is 1. The van der Waals surface area contributed by atoms with Crippen LogP contribution in [0.1, 0.15) is 18.1 Å². The van der Waals surface area contributed by atoms with Gasteiger partial charge in [0.1, 0.15) is 0 Å². The fraction of sp³-hybridized carbons (Fsp3) is 0.364. The van der Waals surface area contributed by atoms with E-state index in [4.69, 9.17) is 10.00 Å². The van der Waals surface area contributed by atoms with Crippen LogP contribution in [0, 0.1) is 11.3 Å². The minimum Gasteiger partial charge on any atom is -0.359 e. The predicted octanol–water partition coefficient (Wildman–Crippen LogP) is 3.86. The van der Waals surface area contributed by atoms with Gasteiger partial charge in [0.15, 0.2) is 6.10 Å². The van der Waals surface area contributed by atoms with Crippen LogP contribution in [-0.4, -0.2) is 11.0 Å². The van der Waals surface area contributed by atoms with Crippen LogP contribution in [0.15, 0.2) is 28.7 Å². The van der Waals surface area contributed by atoms with Crippen molar-refractivity contribution in [2.24, 2.45) is 0 Å². The van der Waals surface area contributed by atoms with Crippen molar-refractivity contribution in [2.45, 2.75) is 12.5 Å². The van der Waals surface area contributed by atoms with Crippen molar-refractivity contribution in [3.63, 3.8) is 0 Å². The maximum Gasteiger partial charge on any atom is 0.169 e. The SMILES string of the molecule is N#CC(OCCCI)c1ccc(Br)cc1. The van der Waals surface area contributed by atoms with Crippen molar-refractivity contribution in [1.29, 1.82) is 5.26 Å². The lowest BCUT2D eigenvalue weighted by Crippen LogP contribution is -2.03. The van der Waals surface area contributed by atoms with Gasteiger partial charge in [0.25, 0.3) is 0 Å². The lowest BCUT2D eigenvalue weighted by molar-refractivity contribution is 0.0917. The highest BCUT2D eigenvalue weighted by Gasteiger charge is 2.09. The molecule has 0 spiro atoms. The van der Waals surface area contributed by atoms with Gasteiger partial charge in [0, 0.05) is 15.5 Å². The topological polar surface area (TPSA) is 33.0 Å². The smallest absolute Gasteiger partial charge is 0.169 e. The Kier molecular flexibility index (Phi) is 6.22. The first-order valence-corrected chi connectivity index (χ1v) is 6.92. The van der Waals surface area contributed by atoms with Crippen LogP contribution < -0.4 is 0 Å². The van der Waals surface area contributed by atoms with Crippen LogP contribution in [0.3, 0.4) is 0 Å². The number of hydrogen-bond donors (Lipinski definition) is 0. The van der Waals surface area contributed by atoms with Crippen molar-refractivity contribution in [1.82, 2.24) is 0 Å². The van der Waals surface area contributed by atoms with E-state index in [9.17, 15) is 0 Å². The molecule has 0 radical (unpaired) electrons. The second-order valence-electron chi connectivity index (χ2n) is 2.97. The molecule has 0 fully saturated rings. The van der Waals surface area contributed by atoms with Crippen molar-refractivity contribution >= 4 is 38.5 Å². The number of hydrogen-bond acceptors (Lipinski definition) is 2. The van der Waals surface area contributed by atoms with Gasteiger partial charge < -0.3 is 4.74 Å². The molecule has 1 aromatic carbocycles. The van der Waals surface area contributed by atoms with Gasteiger partial charge >= 0.3 is 0 Å². The lowest BCUT2D eigenvalue weighted by Gasteiger charge is -2.10. The quantitative estimate of drug-likeness (QED) is 0.442. The van der Waals surface area contributed by atoms with Crippen LogP contribution in [0.25, 0.3) is 0 Å². The molecule has 4 heteroatoms. The molecule has 0 saturated heterocycles. The Morgan fingerprint density at radius 2 is 2.07 bits per heavy atom. The molecule has 0 aromatic heterocycles. The molecular weight excluding hydrogens is 369 g/mol. The predicted molar refractivity (Wildman–Crippen MR) is 72.0 cm³/mol. The molecule has 0 saturated carbocycles. The summed E-state index contributed by atoms with van der Waals surface area (Å²) in [5.41, 5.74) is 0.911. The Morgan fingerprint density at radius 1 is 1.40 bits per heavy atom. The van der Waals surface area contributed by atoms with Gasteiger partial charge in [-0.3, -0.25) is 0 Å². The number of nitriles is 1. The second-order valence-corrected chi connectivity index (χ2v) is 4.97.